The Morgan fingerprint density at radius 3 is 2.38 bits per heavy atom. The summed E-state index contributed by atoms with van der Waals surface area (Å²) < 4.78 is 16.3. The van der Waals surface area contributed by atoms with Crippen molar-refractivity contribution in [1.82, 2.24) is 5.32 Å². The van der Waals surface area contributed by atoms with Crippen molar-refractivity contribution in [3.05, 3.63) is 0 Å². The monoisotopic (exact) mass is 303 g/mol. The number of carbonyl (C=O) groups is 1. The zero-order chi connectivity index (χ0) is 16.3. The van der Waals surface area contributed by atoms with Crippen LogP contribution in [0, 0.1) is 5.92 Å². The summed E-state index contributed by atoms with van der Waals surface area (Å²) in [6, 6.07) is 0. The summed E-state index contributed by atoms with van der Waals surface area (Å²) in [5.41, 5.74) is -0.705. The van der Waals surface area contributed by atoms with E-state index in [2.05, 4.69) is 19.2 Å². The fourth-order valence-corrected chi connectivity index (χ4v) is 2.17. The zero-order valence-electron chi connectivity index (χ0n) is 14.5. The van der Waals surface area contributed by atoms with Crippen LogP contribution in [0.1, 0.15) is 48.0 Å². The normalized spacial score (nSPS) is 15.8. The third kappa shape index (κ3) is 9.06. The highest BCUT2D eigenvalue weighted by atomic mass is 16.5. The number of rotatable bonds is 12. The molecular weight excluding hydrogens is 270 g/mol. The van der Waals surface area contributed by atoms with Gasteiger partial charge in [-0.15, -0.1) is 0 Å². The van der Waals surface area contributed by atoms with Crippen molar-refractivity contribution < 1.29 is 19.0 Å². The Morgan fingerprint density at radius 1 is 1.19 bits per heavy atom. The molecule has 0 aromatic heterocycles. The van der Waals surface area contributed by atoms with Crippen molar-refractivity contribution in [3.63, 3.8) is 0 Å². The summed E-state index contributed by atoms with van der Waals surface area (Å²) >= 11 is 0. The maximum absolute atomic E-state index is 12.1. The third-order valence-corrected chi connectivity index (χ3v) is 3.07. The minimum atomic E-state index is -0.705. The maximum Gasteiger partial charge on any atom is 0.326 e. The molecule has 0 aliphatic heterocycles. The van der Waals surface area contributed by atoms with Gasteiger partial charge in [0.05, 0.1) is 25.9 Å². The Morgan fingerprint density at radius 2 is 1.86 bits per heavy atom. The van der Waals surface area contributed by atoms with Crippen LogP contribution in [0.3, 0.4) is 0 Å². The molecular formula is C16H33NO4. The van der Waals surface area contributed by atoms with E-state index in [0.29, 0.717) is 38.7 Å². The van der Waals surface area contributed by atoms with E-state index in [-0.39, 0.29) is 12.1 Å². The Bertz CT molecular complexity index is 283. The van der Waals surface area contributed by atoms with Crippen LogP contribution in [0.2, 0.25) is 0 Å². The van der Waals surface area contributed by atoms with Gasteiger partial charge in [0.15, 0.2) is 0 Å². The van der Waals surface area contributed by atoms with Crippen molar-refractivity contribution in [1.29, 1.82) is 0 Å². The first-order valence-electron chi connectivity index (χ1n) is 7.97. The first-order chi connectivity index (χ1) is 9.85. The second-order valence-electron chi connectivity index (χ2n) is 5.94. The van der Waals surface area contributed by atoms with Crippen molar-refractivity contribution in [3.8, 4) is 0 Å². The van der Waals surface area contributed by atoms with E-state index in [1.54, 1.807) is 0 Å². The number of hydrogen-bond acceptors (Lipinski definition) is 5. The fourth-order valence-electron chi connectivity index (χ4n) is 2.17. The number of hydrogen-bond donors (Lipinski definition) is 1. The van der Waals surface area contributed by atoms with Gasteiger partial charge >= 0.3 is 5.97 Å². The number of carbonyl (C=O) groups excluding carboxylic acids is 1. The molecule has 0 amide bonds. The van der Waals surface area contributed by atoms with Gasteiger partial charge in [0.2, 0.25) is 0 Å². The van der Waals surface area contributed by atoms with Crippen LogP contribution in [0.4, 0.5) is 0 Å². The van der Waals surface area contributed by atoms with Crippen LogP contribution >= 0.6 is 0 Å². The molecule has 1 N–H and O–H groups in total. The molecule has 0 aromatic carbocycles. The molecule has 0 saturated carbocycles. The lowest BCUT2D eigenvalue weighted by atomic mass is 9.94. The van der Waals surface area contributed by atoms with Gasteiger partial charge in [0.25, 0.3) is 0 Å². The Balaban J connectivity index is 4.16. The quantitative estimate of drug-likeness (QED) is 0.443. The molecule has 0 aliphatic carbocycles. The molecule has 0 rings (SSSR count). The van der Waals surface area contributed by atoms with Crippen LogP contribution in [-0.2, 0) is 19.0 Å². The van der Waals surface area contributed by atoms with E-state index in [0.717, 1.165) is 6.61 Å². The van der Waals surface area contributed by atoms with E-state index in [1.807, 2.05) is 27.7 Å². The molecule has 0 spiro atoms. The summed E-state index contributed by atoms with van der Waals surface area (Å²) in [4.78, 5) is 12.1. The molecule has 5 heteroatoms. The molecule has 0 heterocycles. The molecule has 0 bridgehead atoms. The van der Waals surface area contributed by atoms with Crippen molar-refractivity contribution >= 4 is 5.97 Å². The summed E-state index contributed by atoms with van der Waals surface area (Å²) in [5, 5.41) is 3.21. The minimum absolute atomic E-state index is 0.0406. The number of ether oxygens (including phenoxy) is 3. The summed E-state index contributed by atoms with van der Waals surface area (Å²) in [7, 11) is 0. The average Bonchev–Trinajstić information content (AvgIpc) is 2.38. The van der Waals surface area contributed by atoms with Gasteiger partial charge in [-0.3, -0.25) is 4.79 Å². The molecule has 0 fully saturated rings. The number of esters is 1. The largest absolute Gasteiger partial charge is 0.465 e. The number of likely N-dealkylation sites (N-methyl/N-ethyl adjacent to an activating group) is 1. The SMILES string of the molecule is CCNC(C)(CC(C)OCCOCC(C)C)C(=O)OCC. The molecule has 0 aromatic rings. The van der Waals surface area contributed by atoms with Gasteiger partial charge in [-0.25, -0.2) is 0 Å². The topological polar surface area (TPSA) is 56.8 Å². The number of nitrogens with one attached hydrogen (secondary N) is 1. The van der Waals surface area contributed by atoms with E-state index in [4.69, 9.17) is 14.2 Å². The van der Waals surface area contributed by atoms with E-state index in [1.165, 1.54) is 0 Å². The molecule has 2 unspecified atom stereocenters. The molecule has 5 nitrogen and oxygen atoms in total. The van der Waals surface area contributed by atoms with Crippen molar-refractivity contribution in [2.45, 2.75) is 59.6 Å². The van der Waals surface area contributed by atoms with Crippen molar-refractivity contribution in [2.24, 2.45) is 5.92 Å². The Kier molecular flexibility index (Phi) is 10.6. The molecule has 21 heavy (non-hydrogen) atoms. The predicted octanol–water partition coefficient (Wildman–Crippen LogP) is 2.39. The second-order valence-corrected chi connectivity index (χ2v) is 5.94. The summed E-state index contributed by atoms with van der Waals surface area (Å²) in [5.74, 6) is 0.307. The smallest absolute Gasteiger partial charge is 0.326 e. The maximum atomic E-state index is 12.1. The second kappa shape index (κ2) is 11.0. The van der Waals surface area contributed by atoms with Gasteiger partial charge in [0, 0.05) is 13.0 Å². The molecule has 0 saturated heterocycles. The highest BCUT2D eigenvalue weighted by Crippen LogP contribution is 2.17. The van der Waals surface area contributed by atoms with Crippen LogP contribution in [0.25, 0.3) is 0 Å². The van der Waals surface area contributed by atoms with Gasteiger partial charge in [-0.1, -0.05) is 20.8 Å². The molecule has 0 radical (unpaired) electrons. The molecule has 2 atom stereocenters. The Labute approximate surface area is 129 Å². The zero-order valence-corrected chi connectivity index (χ0v) is 14.5. The van der Waals surface area contributed by atoms with E-state index < -0.39 is 5.54 Å². The highest BCUT2D eigenvalue weighted by molar-refractivity contribution is 5.80. The molecule has 0 aliphatic rings. The van der Waals surface area contributed by atoms with Gasteiger partial charge in [0.1, 0.15) is 5.54 Å². The first-order valence-corrected chi connectivity index (χ1v) is 7.97. The summed E-state index contributed by atoms with van der Waals surface area (Å²) in [6.45, 7) is 14.8. The lowest BCUT2D eigenvalue weighted by molar-refractivity contribution is -0.152. The predicted molar refractivity (Wildman–Crippen MR) is 84.4 cm³/mol. The lowest BCUT2D eigenvalue weighted by Crippen LogP contribution is -2.52. The van der Waals surface area contributed by atoms with E-state index >= 15 is 0 Å². The standard InChI is InChI=1S/C16H33NO4/c1-7-17-16(6,15(18)20-8-2)11-14(5)21-10-9-19-12-13(3)4/h13-14,17H,7-12H2,1-6H3. The molecule has 126 valence electrons. The third-order valence-electron chi connectivity index (χ3n) is 3.07. The van der Waals surface area contributed by atoms with Crippen molar-refractivity contribution in [2.75, 3.05) is 33.0 Å². The Hall–Kier alpha value is -0.650. The van der Waals surface area contributed by atoms with Crippen LogP contribution in [0.5, 0.6) is 0 Å². The summed E-state index contributed by atoms with van der Waals surface area (Å²) in [6.07, 6.45) is 0.533. The van der Waals surface area contributed by atoms with Crippen LogP contribution in [0.15, 0.2) is 0 Å². The van der Waals surface area contributed by atoms with Crippen LogP contribution < -0.4 is 5.32 Å². The fraction of sp³-hybridized carbons (Fsp3) is 0.938. The van der Waals surface area contributed by atoms with Gasteiger partial charge in [-0.05, 0) is 33.2 Å². The lowest BCUT2D eigenvalue weighted by Gasteiger charge is -2.30. The highest BCUT2D eigenvalue weighted by Gasteiger charge is 2.35. The van der Waals surface area contributed by atoms with Gasteiger partial charge < -0.3 is 19.5 Å². The average molecular weight is 303 g/mol. The minimum Gasteiger partial charge on any atom is -0.465 e. The first kappa shape index (κ1) is 20.3. The van der Waals surface area contributed by atoms with Gasteiger partial charge in [-0.2, -0.15) is 0 Å². The van der Waals surface area contributed by atoms with E-state index in [9.17, 15) is 4.79 Å². The van der Waals surface area contributed by atoms with Crippen LogP contribution in [-0.4, -0.2) is 50.6 Å².